The highest BCUT2D eigenvalue weighted by atomic mass is 16.2. The average molecular weight is 275 g/mol. The van der Waals surface area contributed by atoms with Crippen LogP contribution < -0.4 is 5.32 Å². The van der Waals surface area contributed by atoms with Crippen molar-refractivity contribution in [1.29, 1.82) is 0 Å². The van der Waals surface area contributed by atoms with E-state index in [2.05, 4.69) is 23.2 Å². The number of carbonyl (C=O) groups is 1. The van der Waals surface area contributed by atoms with Gasteiger partial charge in [0, 0.05) is 51.9 Å². The summed E-state index contributed by atoms with van der Waals surface area (Å²) in [7, 11) is 1.89. The molecule has 0 radical (unpaired) electrons. The molecule has 4 heteroatoms. The van der Waals surface area contributed by atoms with Crippen LogP contribution in [0.5, 0.6) is 0 Å². The van der Waals surface area contributed by atoms with E-state index in [1.165, 1.54) is 5.56 Å². The summed E-state index contributed by atoms with van der Waals surface area (Å²) in [5.41, 5.74) is 3.07. The van der Waals surface area contributed by atoms with Crippen LogP contribution in [0.25, 0.3) is 0 Å². The molecule has 1 amide bonds. The predicted octanol–water partition coefficient (Wildman–Crippen LogP) is 1.28. The number of nitrogens with zero attached hydrogens (tertiary/aromatic N) is 2. The highest BCUT2D eigenvalue weighted by Gasteiger charge is 2.16. The molecule has 0 spiro atoms. The molecule has 1 aromatic rings. The predicted molar refractivity (Wildman–Crippen MR) is 82.2 cm³/mol. The third kappa shape index (κ3) is 3.81. The molecule has 1 heterocycles. The summed E-state index contributed by atoms with van der Waals surface area (Å²) in [5.74, 6) is 0.123. The van der Waals surface area contributed by atoms with E-state index in [0.717, 1.165) is 50.4 Å². The van der Waals surface area contributed by atoms with E-state index in [9.17, 15) is 4.79 Å². The quantitative estimate of drug-likeness (QED) is 0.899. The number of likely N-dealkylation sites (N-methyl/N-ethyl adjacent to an activating group) is 1. The number of carbonyl (C=O) groups excluding carboxylic acids is 1. The molecular formula is C16H25N3O. The Balaban J connectivity index is 1.90. The topological polar surface area (TPSA) is 35.6 Å². The van der Waals surface area contributed by atoms with Crippen LogP contribution in [0.4, 0.5) is 0 Å². The van der Waals surface area contributed by atoms with Gasteiger partial charge in [-0.1, -0.05) is 17.7 Å². The fourth-order valence-corrected chi connectivity index (χ4v) is 2.59. The van der Waals surface area contributed by atoms with Crippen molar-refractivity contribution in [1.82, 2.24) is 15.1 Å². The Morgan fingerprint density at radius 2 is 2.00 bits per heavy atom. The van der Waals surface area contributed by atoms with Crippen molar-refractivity contribution in [2.24, 2.45) is 0 Å². The Morgan fingerprint density at radius 3 is 2.65 bits per heavy atom. The number of rotatable bonds is 4. The Labute approximate surface area is 121 Å². The van der Waals surface area contributed by atoms with Gasteiger partial charge in [-0.3, -0.25) is 9.69 Å². The second kappa shape index (κ2) is 6.86. The van der Waals surface area contributed by atoms with E-state index in [1.807, 2.05) is 31.0 Å². The van der Waals surface area contributed by atoms with Crippen molar-refractivity contribution in [3.63, 3.8) is 0 Å². The zero-order valence-corrected chi connectivity index (χ0v) is 12.8. The van der Waals surface area contributed by atoms with Crippen LogP contribution in [-0.2, 0) is 0 Å². The molecule has 4 nitrogen and oxygen atoms in total. The Morgan fingerprint density at radius 1 is 1.30 bits per heavy atom. The number of aryl methyl sites for hydroxylation is 2. The molecule has 1 fully saturated rings. The normalized spacial score (nSPS) is 16.1. The molecule has 1 aromatic carbocycles. The van der Waals surface area contributed by atoms with Crippen molar-refractivity contribution >= 4 is 5.91 Å². The molecule has 0 atom stereocenters. The van der Waals surface area contributed by atoms with Gasteiger partial charge >= 0.3 is 0 Å². The van der Waals surface area contributed by atoms with Crippen LogP contribution in [0.15, 0.2) is 18.2 Å². The molecule has 1 aliphatic heterocycles. The van der Waals surface area contributed by atoms with E-state index in [0.29, 0.717) is 0 Å². The third-order valence-electron chi connectivity index (χ3n) is 3.92. The minimum atomic E-state index is 0.123. The average Bonchev–Trinajstić information content (AvgIpc) is 2.45. The van der Waals surface area contributed by atoms with Gasteiger partial charge in [-0.05, 0) is 25.5 Å². The lowest BCUT2D eigenvalue weighted by atomic mass is 10.0. The van der Waals surface area contributed by atoms with Crippen molar-refractivity contribution < 1.29 is 4.79 Å². The summed E-state index contributed by atoms with van der Waals surface area (Å²) in [4.78, 5) is 16.7. The van der Waals surface area contributed by atoms with Crippen LogP contribution in [0.2, 0.25) is 0 Å². The monoisotopic (exact) mass is 275 g/mol. The molecule has 1 aliphatic rings. The number of nitrogens with one attached hydrogen (secondary N) is 1. The number of amides is 1. The Kier molecular flexibility index (Phi) is 5.15. The molecule has 110 valence electrons. The van der Waals surface area contributed by atoms with Gasteiger partial charge in [0.15, 0.2) is 0 Å². The minimum absolute atomic E-state index is 0.123. The fraction of sp³-hybridized carbons (Fsp3) is 0.562. The summed E-state index contributed by atoms with van der Waals surface area (Å²) in [6.07, 6.45) is 0. The van der Waals surface area contributed by atoms with E-state index >= 15 is 0 Å². The molecule has 1 N–H and O–H groups in total. The number of piperazine rings is 1. The number of benzene rings is 1. The first kappa shape index (κ1) is 15.0. The maximum Gasteiger partial charge on any atom is 0.253 e. The minimum Gasteiger partial charge on any atom is -0.340 e. The highest BCUT2D eigenvalue weighted by molar-refractivity contribution is 5.95. The smallest absolute Gasteiger partial charge is 0.253 e. The number of hydrogen-bond acceptors (Lipinski definition) is 3. The molecule has 0 aliphatic carbocycles. The first-order chi connectivity index (χ1) is 9.58. The lowest BCUT2D eigenvalue weighted by Gasteiger charge is -2.29. The molecule has 20 heavy (non-hydrogen) atoms. The van der Waals surface area contributed by atoms with Gasteiger partial charge in [0.25, 0.3) is 5.91 Å². The van der Waals surface area contributed by atoms with Crippen LogP contribution >= 0.6 is 0 Å². The van der Waals surface area contributed by atoms with Gasteiger partial charge in [-0.15, -0.1) is 0 Å². The molecule has 0 bridgehead atoms. The van der Waals surface area contributed by atoms with Crippen LogP contribution in [-0.4, -0.2) is 62.0 Å². The van der Waals surface area contributed by atoms with Crippen LogP contribution in [0.1, 0.15) is 21.5 Å². The molecule has 2 rings (SSSR count). The highest BCUT2D eigenvalue weighted by Crippen LogP contribution is 2.12. The summed E-state index contributed by atoms with van der Waals surface area (Å²) in [5, 5.41) is 3.34. The van der Waals surface area contributed by atoms with Crippen molar-refractivity contribution in [2.75, 3.05) is 46.3 Å². The standard InChI is InChI=1S/C16H25N3O/c1-13-4-5-15(14(2)12-13)16(20)18(3)10-11-19-8-6-17-7-9-19/h4-5,12,17H,6-11H2,1-3H3. The fourth-order valence-electron chi connectivity index (χ4n) is 2.59. The van der Waals surface area contributed by atoms with E-state index in [-0.39, 0.29) is 5.91 Å². The van der Waals surface area contributed by atoms with Crippen molar-refractivity contribution in [2.45, 2.75) is 13.8 Å². The largest absolute Gasteiger partial charge is 0.340 e. The lowest BCUT2D eigenvalue weighted by molar-refractivity contribution is 0.0774. The first-order valence-electron chi connectivity index (χ1n) is 7.33. The molecule has 0 aromatic heterocycles. The summed E-state index contributed by atoms with van der Waals surface area (Å²) in [6, 6.07) is 6.01. The Hall–Kier alpha value is -1.39. The maximum atomic E-state index is 12.4. The second-order valence-electron chi connectivity index (χ2n) is 5.64. The van der Waals surface area contributed by atoms with Crippen LogP contribution in [0.3, 0.4) is 0 Å². The van der Waals surface area contributed by atoms with Gasteiger partial charge in [-0.25, -0.2) is 0 Å². The molecular weight excluding hydrogens is 250 g/mol. The summed E-state index contributed by atoms with van der Waals surface area (Å²) in [6.45, 7) is 10.0. The summed E-state index contributed by atoms with van der Waals surface area (Å²) < 4.78 is 0. The van der Waals surface area contributed by atoms with Gasteiger partial charge in [0.05, 0.1) is 0 Å². The molecule has 1 saturated heterocycles. The molecule has 0 saturated carbocycles. The van der Waals surface area contributed by atoms with E-state index < -0.39 is 0 Å². The van der Waals surface area contributed by atoms with Gasteiger partial charge in [0.1, 0.15) is 0 Å². The van der Waals surface area contributed by atoms with Crippen molar-refractivity contribution in [3.05, 3.63) is 34.9 Å². The third-order valence-corrected chi connectivity index (χ3v) is 3.92. The van der Waals surface area contributed by atoms with Gasteiger partial charge < -0.3 is 10.2 Å². The maximum absolute atomic E-state index is 12.4. The van der Waals surface area contributed by atoms with Crippen molar-refractivity contribution in [3.8, 4) is 0 Å². The van der Waals surface area contributed by atoms with Gasteiger partial charge in [-0.2, -0.15) is 0 Å². The summed E-state index contributed by atoms with van der Waals surface area (Å²) >= 11 is 0. The van der Waals surface area contributed by atoms with E-state index in [1.54, 1.807) is 0 Å². The first-order valence-corrected chi connectivity index (χ1v) is 7.33. The van der Waals surface area contributed by atoms with Crippen LogP contribution in [0, 0.1) is 13.8 Å². The number of hydrogen-bond donors (Lipinski definition) is 1. The second-order valence-corrected chi connectivity index (χ2v) is 5.64. The van der Waals surface area contributed by atoms with E-state index in [4.69, 9.17) is 0 Å². The SMILES string of the molecule is Cc1ccc(C(=O)N(C)CCN2CCNCC2)c(C)c1. The zero-order chi connectivity index (χ0) is 14.5. The Bertz CT molecular complexity index is 467. The molecule has 0 unspecified atom stereocenters. The lowest BCUT2D eigenvalue weighted by Crippen LogP contribution is -2.46. The van der Waals surface area contributed by atoms with Gasteiger partial charge in [0.2, 0.25) is 0 Å². The zero-order valence-electron chi connectivity index (χ0n) is 12.8.